The predicted molar refractivity (Wildman–Crippen MR) is 75.7 cm³/mol. The number of nitrogens with zero attached hydrogens (tertiary/aromatic N) is 1. The van der Waals surface area contributed by atoms with Gasteiger partial charge in [-0.3, -0.25) is 14.9 Å². The second-order valence-electron chi connectivity index (χ2n) is 5.60. The first kappa shape index (κ1) is 12.3. The Balaban J connectivity index is 1.66. The Labute approximate surface area is 121 Å². The van der Waals surface area contributed by atoms with Gasteiger partial charge in [0.15, 0.2) is 5.75 Å². The summed E-state index contributed by atoms with van der Waals surface area (Å²) in [7, 11) is 0. The molecule has 2 aliphatic heterocycles. The predicted octanol–water partition coefficient (Wildman–Crippen LogP) is 1.59. The first-order valence-electron chi connectivity index (χ1n) is 7.11. The molecular formula is C16H14N2O3. The molecule has 1 aromatic rings. The van der Waals surface area contributed by atoms with E-state index in [9.17, 15) is 9.59 Å². The number of imide groups is 1. The third-order valence-electron chi connectivity index (χ3n) is 4.39. The van der Waals surface area contributed by atoms with Gasteiger partial charge in [-0.25, -0.2) is 0 Å². The largest absolute Gasteiger partial charge is 0.357 e. The van der Waals surface area contributed by atoms with E-state index in [0.29, 0.717) is 12.0 Å². The molecule has 2 unspecified atom stereocenters. The fourth-order valence-corrected chi connectivity index (χ4v) is 3.38. The Bertz CT molecular complexity index is 705. The van der Waals surface area contributed by atoms with E-state index in [1.54, 1.807) is 0 Å². The maximum atomic E-state index is 12.0. The topological polar surface area (TPSA) is 67.8 Å². The Kier molecular flexibility index (Phi) is 2.67. The van der Waals surface area contributed by atoms with Crippen LogP contribution in [0.2, 0.25) is 0 Å². The number of carbonyl (C=O) groups is 2. The number of hydrogen-bond acceptors (Lipinski definition) is 4. The average Bonchev–Trinajstić information content (AvgIpc) is 2.82. The monoisotopic (exact) mass is 282 g/mol. The van der Waals surface area contributed by atoms with Gasteiger partial charge in [0.05, 0.1) is 11.6 Å². The fraction of sp³-hybridized carbons (Fsp3) is 0.312. The molecule has 5 nitrogen and oxygen atoms in total. The van der Waals surface area contributed by atoms with Gasteiger partial charge in [0, 0.05) is 23.5 Å². The molecule has 0 radical (unpaired) electrons. The van der Waals surface area contributed by atoms with Crippen molar-refractivity contribution in [2.24, 2.45) is 17.0 Å². The number of fused-ring (bicyclic) bond motifs is 2. The molecule has 0 bridgehead atoms. The Morgan fingerprint density at radius 3 is 3.00 bits per heavy atom. The maximum Gasteiger partial charge on any atom is 0.254 e. The highest BCUT2D eigenvalue weighted by Gasteiger charge is 2.45. The van der Waals surface area contributed by atoms with Crippen molar-refractivity contribution in [3.05, 3.63) is 41.5 Å². The Morgan fingerprint density at radius 2 is 2.10 bits per heavy atom. The summed E-state index contributed by atoms with van der Waals surface area (Å²) in [5.41, 5.74) is 2.52. The number of benzene rings is 1. The normalized spacial score (nSPS) is 27.0. The van der Waals surface area contributed by atoms with Crippen LogP contribution in [-0.2, 0) is 16.0 Å². The van der Waals surface area contributed by atoms with E-state index in [1.165, 1.54) is 0 Å². The number of allylic oxidation sites excluding steroid dienone is 1. The quantitative estimate of drug-likeness (QED) is 0.795. The zero-order valence-corrected chi connectivity index (χ0v) is 11.3. The number of para-hydroxylation sites is 1. The summed E-state index contributed by atoms with van der Waals surface area (Å²) in [5, 5.41) is 6.62. The third kappa shape index (κ3) is 1.88. The summed E-state index contributed by atoms with van der Waals surface area (Å²) in [6.45, 7) is 0. The molecule has 1 fully saturated rings. The van der Waals surface area contributed by atoms with Crippen LogP contribution < -0.4 is 10.2 Å². The highest BCUT2D eigenvalue weighted by Crippen LogP contribution is 2.37. The van der Waals surface area contributed by atoms with Crippen LogP contribution in [0.1, 0.15) is 18.4 Å². The number of oxime groups is 1. The SMILES string of the molecule is O=C1NC(=O)C2C1=CCCC2C1=NOc2ccccc2C1. The number of carbonyl (C=O) groups excluding carboxylic acids is 2. The van der Waals surface area contributed by atoms with Crippen molar-refractivity contribution in [3.63, 3.8) is 0 Å². The van der Waals surface area contributed by atoms with E-state index in [2.05, 4.69) is 10.5 Å². The minimum Gasteiger partial charge on any atom is -0.357 e. The van der Waals surface area contributed by atoms with Crippen LogP contribution in [0.4, 0.5) is 0 Å². The van der Waals surface area contributed by atoms with Crippen LogP contribution >= 0.6 is 0 Å². The molecule has 1 saturated heterocycles. The Morgan fingerprint density at radius 1 is 1.24 bits per heavy atom. The molecule has 3 aliphatic rings. The minimum atomic E-state index is -0.404. The van der Waals surface area contributed by atoms with Crippen LogP contribution in [0.15, 0.2) is 41.1 Å². The van der Waals surface area contributed by atoms with Crippen molar-refractivity contribution in [3.8, 4) is 5.75 Å². The van der Waals surface area contributed by atoms with Crippen LogP contribution in [0, 0.1) is 11.8 Å². The lowest BCUT2D eigenvalue weighted by molar-refractivity contribution is -0.126. The first-order chi connectivity index (χ1) is 10.2. The van der Waals surface area contributed by atoms with Gasteiger partial charge in [0.25, 0.3) is 5.91 Å². The van der Waals surface area contributed by atoms with Crippen LogP contribution in [-0.4, -0.2) is 17.5 Å². The van der Waals surface area contributed by atoms with Gasteiger partial charge in [-0.05, 0) is 18.9 Å². The van der Waals surface area contributed by atoms with Crippen molar-refractivity contribution in [1.29, 1.82) is 0 Å². The molecule has 1 N–H and O–H groups in total. The molecule has 2 amide bonds. The first-order valence-corrected chi connectivity index (χ1v) is 7.11. The van der Waals surface area contributed by atoms with Crippen LogP contribution in [0.25, 0.3) is 0 Å². The number of amides is 2. The maximum absolute atomic E-state index is 12.0. The summed E-state index contributed by atoms with van der Waals surface area (Å²) >= 11 is 0. The lowest BCUT2D eigenvalue weighted by Crippen LogP contribution is -2.34. The molecule has 4 rings (SSSR count). The lowest BCUT2D eigenvalue weighted by atomic mass is 9.75. The molecule has 0 aromatic heterocycles. The van der Waals surface area contributed by atoms with Gasteiger partial charge in [-0.2, -0.15) is 0 Å². The average molecular weight is 282 g/mol. The van der Waals surface area contributed by atoms with Gasteiger partial charge in [-0.1, -0.05) is 29.4 Å². The van der Waals surface area contributed by atoms with Gasteiger partial charge < -0.3 is 4.84 Å². The van der Waals surface area contributed by atoms with E-state index in [0.717, 1.165) is 29.9 Å². The second-order valence-corrected chi connectivity index (χ2v) is 5.60. The van der Waals surface area contributed by atoms with Crippen LogP contribution in [0.3, 0.4) is 0 Å². The summed E-state index contributed by atoms with van der Waals surface area (Å²) in [6.07, 6.45) is 4.16. The zero-order valence-electron chi connectivity index (χ0n) is 11.3. The molecule has 106 valence electrons. The number of hydrogen-bond donors (Lipinski definition) is 1. The second kappa shape index (κ2) is 4.55. The number of nitrogens with one attached hydrogen (secondary N) is 1. The summed E-state index contributed by atoms with van der Waals surface area (Å²) in [4.78, 5) is 29.3. The molecule has 0 saturated carbocycles. The van der Waals surface area contributed by atoms with Gasteiger partial charge in [0.1, 0.15) is 0 Å². The molecule has 2 heterocycles. The molecule has 1 aliphatic carbocycles. The summed E-state index contributed by atoms with van der Waals surface area (Å²) in [5.74, 6) is -0.159. The molecule has 21 heavy (non-hydrogen) atoms. The number of rotatable bonds is 1. The highest BCUT2D eigenvalue weighted by molar-refractivity contribution is 6.16. The van der Waals surface area contributed by atoms with Crippen molar-refractivity contribution >= 4 is 17.5 Å². The smallest absolute Gasteiger partial charge is 0.254 e. The molecule has 1 aromatic carbocycles. The van der Waals surface area contributed by atoms with Crippen molar-refractivity contribution in [2.45, 2.75) is 19.3 Å². The van der Waals surface area contributed by atoms with Crippen molar-refractivity contribution in [2.75, 3.05) is 0 Å². The van der Waals surface area contributed by atoms with Crippen molar-refractivity contribution in [1.82, 2.24) is 5.32 Å². The van der Waals surface area contributed by atoms with Crippen molar-refractivity contribution < 1.29 is 14.4 Å². The highest BCUT2D eigenvalue weighted by atomic mass is 16.6. The van der Waals surface area contributed by atoms with E-state index in [1.807, 2.05) is 30.3 Å². The molecule has 2 atom stereocenters. The summed E-state index contributed by atoms with van der Waals surface area (Å²) in [6, 6.07) is 7.75. The minimum absolute atomic E-state index is 0.0511. The molecular weight excluding hydrogens is 268 g/mol. The van der Waals surface area contributed by atoms with E-state index < -0.39 is 5.92 Å². The Hall–Kier alpha value is -2.43. The van der Waals surface area contributed by atoms with Gasteiger partial charge in [-0.15, -0.1) is 0 Å². The van der Waals surface area contributed by atoms with Gasteiger partial charge in [0.2, 0.25) is 5.91 Å². The van der Waals surface area contributed by atoms with E-state index in [4.69, 9.17) is 4.84 Å². The van der Waals surface area contributed by atoms with Crippen LogP contribution in [0.5, 0.6) is 5.75 Å². The zero-order chi connectivity index (χ0) is 14.4. The third-order valence-corrected chi connectivity index (χ3v) is 4.39. The lowest BCUT2D eigenvalue weighted by Gasteiger charge is -2.28. The fourth-order valence-electron chi connectivity index (χ4n) is 3.38. The standard InChI is InChI=1S/C16H14N2O3/c19-15-11-6-3-5-10(14(11)16(20)17-15)12-8-9-4-1-2-7-13(9)21-18-12/h1-2,4,6-7,10,14H,3,5,8H2,(H,17,19,20). The molecule has 5 heteroatoms. The van der Waals surface area contributed by atoms with E-state index >= 15 is 0 Å². The summed E-state index contributed by atoms with van der Waals surface area (Å²) < 4.78 is 0. The van der Waals surface area contributed by atoms with E-state index in [-0.39, 0.29) is 17.7 Å². The molecule has 0 spiro atoms. The van der Waals surface area contributed by atoms with Gasteiger partial charge >= 0.3 is 0 Å².